The summed E-state index contributed by atoms with van der Waals surface area (Å²) in [6.07, 6.45) is 0. The number of hydrogen-bond acceptors (Lipinski definition) is 6. The summed E-state index contributed by atoms with van der Waals surface area (Å²) in [4.78, 5) is 17.2. The molecule has 4 aromatic rings. The predicted molar refractivity (Wildman–Crippen MR) is 98.6 cm³/mol. The van der Waals surface area contributed by atoms with Gasteiger partial charge in [-0.2, -0.15) is 4.68 Å². The topological polar surface area (TPSA) is 94.8 Å². The molecule has 2 aromatic carbocycles. The Hall–Kier alpha value is -3.81. The summed E-state index contributed by atoms with van der Waals surface area (Å²) in [5, 5.41) is 15.3. The molecular weight excluding hydrogens is 344 g/mol. The average Bonchev–Trinajstić information content (AvgIpc) is 3.20. The second kappa shape index (κ2) is 7.20. The van der Waals surface area contributed by atoms with Crippen molar-refractivity contribution in [3.8, 4) is 11.6 Å². The molecule has 0 unspecified atom stereocenters. The third-order valence-electron chi connectivity index (χ3n) is 4.09. The van der Waals surface area contributed by atoms with Crippen LogP contribution < -0.4 is 10.1 Å². The fourth-order valence-electron chi connectivity index (χ4n) is 2.78. The summed E-state index contributed by atoms with van der Waals surface area (Å²) in [5.74, 6) is 0.655. The standard InChI is InChI=1S/C19H16N6O2/c1-27-18-11-15(14-9-5-6-10-16(14)21-18)19(26)20-12-17-22-23-24-25(17)13-7-3-2-4-8-13/h2-11H,12H2,1H3,(H,20,26). The number of ether oxygens (including phenoxy) is 1. The summed E-state index contributed by atoms with van der Waals surface area (Å²) in [5.41, 5.74) is 2.00. The Labute approximate surface area is 154 Å². The van der Waals surface area contributed by atoms with E-state index in [1.807, 2.05) is 54.6 Å². The Bertz CT molecular complexity index is 1090. The highest BCUT2D eigenvalue weighted by atomic mass is 16.5. The molecule has 0 radical (unpaired) electrons. The van der Waals surface area contributed by atoms with Crippen molar-refractivity contribution in [1.29, 1.82) is 0 Å². The first kappa shape index (κ1) is 16.6. The van der Waals surface area contributed by atoms with Gasteiger partial charge in [-0.05, 0) is 28.6 Å². The number of benzene rings is 2. The van der Waals surface area contributed by atoms with E-state index in [1.54, 1.807) is 10.7 Å². The first-order valence-corrected chi connectivity index (χ1v) is 8.31. The fourth-order valence-corrected chi connectivity index (χ4v) is 2.78. The number of carbonyl (C=O) groups is 1. The average molecular weight is 360 g/mol. The van der Waals surface area contributed by atoms with Crippen LogP contribution in [0.1, 0.15) is 16.2 Å². The lowest BCUT2D eigenvalue weighted by atomic mass is 10.1. The van der Waals surface area contributed by atoms with Crippen molar-refractivity contribution in [3.63, 3.8) is 0 Å². The number of para-hydroxylation sites is 2. The monoisotopic (exact) mass is 360 g/mol. The molecule has 1 amide bonds. The van der Waals surface area contributed by atoms with Gasteiger partial charge in [-0.3, -0.25) is 4.79 Å². The lowest BCUT2D eigenvalue weighted by molar-refractivity contribution is 0.0951. The molecule has 0 atom stereocenters. The number of aromatic nitrogens is 5. The van der Waals surface area contributed by atoms with Crippen molar-refractivity contribution >= 4 is 16.8 Å². The van der Waals surface area contributed by atoms with Crippen LogP contribution in [-0.4, -0.2) is 38.2 Å². The first-order chi connectivity index (χ1) is 13.3. The van der Waals surface area contributed by atoms with Crippen molar-refractivity contribution in [1.82, 2.24) is 30.5 Å². The van der Waals surface area contributed by atoms with Gasteiger partial charge in [0, 0.05) is 11.5 Å². The van der Waals surface area contributed by atoms with Gasteiger partial charge in [0.25, 0.3) is 5.91 Å². The van der Waals surface area contributed by atoms with E-state index < -0.39 is 0 Å². The molecule has 0 bridgehead atoms. The number of tetrazole rings is 1. The number of nitrogens with zero attached hydrogens (tertiary/aromatic N) is 5. The number of methoxy groups -OCH3 is 1. The minimum Gasteiger partial charge on any atom is -0.481 e. The van der Waals surface area contributed by atoms with Crippen molar-refractivity contribution in [2.24, 2.45) is 0 Å². The van der Waals surface area contributed by atoms with Gasteiger partial charge in [-0.1, -0.05) is 36.4 Å². The maximum absolute atomic E-state index is 12.8. The molecule has 0 aliphatic carbocycles. The van der Waals surface area contributed by atoms with E-state index in [-0.39, 0.29) is 12.5 Å². The molecule has 0 saturated heterocycles. The van der Waals surface area contributed by atoms with Gasteiger partial charge in [0.2, 0.25) is 5.88 Å². The number of fused-ring (bicyclic) bond motifs is 1. The van der Waals surface area contributed by atoms with Gasteiger partial charge in [-0.15, -0.1) is 5.10 Å². The van der Waals surface area contributed by atoms with Gasteiger partial charge < -0.3 is 10.1 Å². The molecule has 134 valence electrons. The highest BCUT2D eigenvalue weighted by Crippen LogP contribution is 2.22. The van der Waals surface area contributed by atoms with Gasteiger partial charge in [0.15, 0.2) is 5.82 Å². The highest BCUT2D eigenvalue weighted by Gasteiger charge is 2.15. The van der Waals surface area contributed by atoms with Crippen LogP contribution in [0.3, 0.4) is 0 Å². The van der Waals surface area contributed by atoms with E-state index in [2.05, 4.69) is 25.8 Å². The van der Waals surface area contributed by atoms with E-state index >= 15 is 0 Å². The van der Waals surface area contributed by atoms with Crippen LogP contribution >= 0.6 is 0 Å². The van der Waals surface area contributed by atoms with E-state index in [0.717, 1.165) is 11.1 Å². The molecule has 0 spiro atoms. The second-order valence-corrected chi connectivity index (χ2v) is 5.75. The van der Waals surface area contributed by atoms with Crippen molar-refractivity contribution in [2.45, 2.75) is 6.54 Å². The maximum Gasteiger partial charge on any atom is 0.252 e. The number of hydrogen-bond donors (Lipinski definition) is 1. The molecule has 27 heavy (non-hydrogen) atoms. The number of amides is 1. The third-order valence-corrected chi connectivity index (χ3v) is 4.09. The van der Waals surface area contributed by atoms with Gasteiger partial charge in [0.05, 0.1) is 30.4 Å². The molecule has 0 aliphatic rings. The molecule has 2 heterocycles. The van der Waals surface area contributed by atoms with Crippen LogP contribution in [-0.2, 0) is 6.54 Å². The zero-order valence-corrected chi connectivity index (χ0v) is 14.5. The fraction of sp³-hybridized carbons (Fsp3) is 0.105. The van der Waals surface area contributed by atoms with Crippen molar-refractivity contribution in [3.05, 3.63) is 72.1 Å². The summed E-state index contributed by atoms with van der Waals surface area (Å²) in [6, 6.07) is 18.5. The Morgan fingerprint density at radius 1 is 1.11 bits per heavy atom. The van der Waals surface area contributed by atoms with Crippen LogP contribution in [0.15, 0.2) is 60.7 Å². The summed E-state index contributed by atoms with van der Waals surface area (Å²) >= 11 is 0. The Balaban J connectivity index is 1.60. The smallest absolute Gasteiger partial charge is 0.252 e. The minimum absolute atomic E-state index is 0.180. The van der Waals surface area contributed by atoms with Crippen LogP contribution in [0.25, 0.3) is 16.6 Å². The van der Waals surface area contributed by atoms with Crippen LogP contribution in [0, 0.1) is 0 Å². The quantitative estimate of drug-likeness (QED) is 0.586. The van der Waals surface area contributed by atoms with Gasteiger partial charge in [0.1, 0.15) is 0 Å². The predicted octanol–water partition coefficient (Wildman–Crippen LogP) is 2.15. The molecule has 0 saturated carbocycles. The summed E-state index contributed by atoms with van der Waals surface area (Å²) in [6.45, 7) is 0.180. The number of nitrogens with one attached hydrogen (secondary N) is 1. The minimum atomic E-state index is -0.255. The Morgan fingerprint density at radius 3 is 2.70 bits per heavy atom. The zero-order valence-electron chi connectivity index (χ0n) is 14.5. The van der Waals surface area contributed by atoms with E-state index in [0.29, 0.717) is 22.8 Å². The van der Waals surface area contributed by atoms with E-state index in [9.17, 15) is 4.79 Å². The molecular formula is C19H16N6O2. The molecule has 0 fully saturated rings. The lowest BCUT2D eigenvalue weighted by Crippen LogP contribution is -2.25. The largest absolute Gasteiger partial charge is 0.481 e. The molecule has 0 aliphatic heterocycles. The van der Waals surface area contributed by atoms with Crippen LogP contribution in [0.4, 0.5) is 0 Å². The third kappa shape index (κ3) is 3.32. The van der Waals surface area contributed by atoms with Gasteiger partial charge >= 0.3 is 0 Å². The van der Waals surface area contributed by atoms with Crippen molar-refractivity contribution in [2.75, 3.05) is 7.11 Å². The van der Waals surface area contributed by atoms with Gasteiger partial charge in [-0.25, -0.2) is 4.98 Å². The molecule has 4 rings (SSSR count). The molecule has 2 aromatic heterocycles. The second-order valence-electron chi connectivity index (χ2n) is 5.75. The number of carbonyl (C=O) groups excluding carboxylic acids is 1. The molecule has 8 heteroatoms. The maximum atomic E-state index is 12.8. The SMILES string of the molecule is COc1cc(C(=O)NCc2nnnn2-c2ccccc2)c2ccccc2n1. The zero-order chi connectivity index (χ0) is 18.6. The van der Waals surface area contributed by atoms with E-state index in [1.165, 1.54) is 7.11 Å². The van der Waals surface area contributed by atoms with Crippen LogP contribution in [0.2, 0.25) is 0 Å². The van der Waals surface area contributed by atoms with E-state index in [4.69, 9.17) is 4.74 Å². The summed E-state index contributed by atoms with van der Waals surface area (Å²) < 4.78 is 6.80. The highest BCUT2D eigenvalue weighted by molar-refractivity contribution is 6.06. The Morgan fingerprint density at radius 2 is 1.89 bits per heavy atom. The normalized spacial score (nSPS) is 10.7. The summed E-state index contributed by atoms with van der Waals surface area (Å²) in [7, 11) is 1.52. The molecule has 8 nitrogen and oxygen atoms in total. The number of pyridine rings is 1. The van der Waals surface area contributed by atoms with Crippen molar-refractivity contribution < 1.29 is 9.53 Å². The Kier molecular flexibility index (Phi) is 4.44. The first-order valence-electron chi connectivity index (χ1n) is 8.31. The molecule has 1 N–H and O–H groups in total. The van der Waals surface area contributed by atoms with Crippen LogP contribution in [0.5, 0.6) is 5.88 Å². The lowest BCUT2D eigenvalue weighted by Gasteiger charge is -2.10. The number of rotatable bonds is 5.